The second-order valence-corrected chi connectivity index (χ2v) is 6.56. The molecule has 0 spiro atoms. The smallest absolute Gasteiger partial charge is 0.129 e. The lowest BCUT2D eigenvalue weighted by Crippen LogP contribution is -2.39. The molecule has 0 radical (unpaired) electrons. The van der Waals surface area contributed by atoms with E-state index >= 15 is 0 Å². The van der Waals surface area contributed by atoms with Gasteiger partial charge in [-0.2, -0.15) is 0 Å². The molecule has 2 heterocycles. The summed E-state index contributed by atoms with van der Waals surface area (Å²) in [4.78, 5) is 2.26. The average molecular weight is 345 g/mol. The first-order valence-electron chi connectivity index (χ1n) is 8.95. The predicted octanol–water partition coefficient (Wildman–Crippen LogP) is 2.84. The number of nitrogens with zero attached hydrogens (tertiary/aromatic N) is 1. The summed E-state index contributed by atoms with van der Waals surface area (Å²) in [6, 6.07) is 14.0. The van der Waals surface area contributed by atoms with E-state index in [2.05, 4.69) is 17.0 Å². The first kappa shape index (κ1) is 18.1. The molecule has 1 aromatic heterocycles. The third-order valence-electron chi connectivity index (χ3n) is 4.34. The van der Waals surface area contributed by atoms with Gasteiger partial charge in [0, 0.05) is 26.2 Å². The molecular formula is C20H27NO4. The van der Waals surface area contributed by atoms with Crippen LogP contribution in [0.2, 0.25) is 0 Å². The molecule has 1 saturated heterocycles. The van der Waals surface area contributed by atoms with Gasteiger partial charge in [0.05, 0.1) is 25.1 Å². The van der Waals surface area contributed by atoms with Crippen LogP contribution in [0.1, 0.15) is 24.2 Å². The van der Waals surface area contributed by atoms with Crippen molar-refractivity contribution in [1.82, 2.24) is 4.90 Å². The van der Waals surface area contributed by atoms with E-state index in [1.54, 1.807) is 6.26 Å². The van der Waals surface area contributed by atoms with Gasteiger partial charge in [-0.1, -0.05) is 30.3 Å². The number of furan rings is 1. The van der Waals surface area contributed by atoms with E-state index in [-0.39, 0.29) is 12.7 Å². The summed E-state index contributed by atoms with van der Waals surface area (Å²) in [5.41, 5.74) is 1.24. The van der Waals surface area contributed by atoms with Crippen LogP contribution in [0.5, 0.6) is 0 Å². The van der Waals surface area contributed by atoms with E-state index in [9.17, 15) is 5.11 Å². The molecular weight excluding hydrogens is 318 g/mol. The summed E-state index contributed by atoms with van der Waals surface area (Å²) in [5.74, 6) is 0.771. The van der Waals surface area contributed by atoms with Crippen LogP contribution in [0.3, 0.4) is 0 Å². The molecule has 2 unspecified atom stereocenters. The van der Waals surface area contributed by atoms with Crippen LogP contribution in [0.15, 0.2) is 53.1 Å². The number of hydrogen-bond donors (Lipinski definition) is 1. The van der Waals surface area contributed by atoms with Crippen molar-refractivity contribution in [3.63, 3.8) is 0 Å². The summed E-state index contributed by atoms with van der Waals surface area (Å²) in [6.07, 6.45) is 3.56. The molecule has 2 atom stereocenters. The van der Waals surface area contributed by atoms with E-state index in [0.717, 1.165) is 38.3 Å². The van der Waals surface area contributed by atoms with E-state index < -0.39 is 6.10 Å². The maximum Gasteiger partial charge on any atom is 0.129 e. The van der Waals surface area contributed by atoms with E-state index in [0.29, 0.717) is 13.2 Å². The second-order valence-electron chi connectivity index (χ2n) is 6.56. The topological polar surface area (TPSA) is 55.1 Å². The maximum absolute atomic E-state index is 10.4. The zero-order valence-electron chi connectivity index (χ0n) is 14.5. The van der Waals surface area contributed by atoms with Gasteiger partial charge in [-0.05, 0) is 30.5 Å². The zero-order chi connectivity index (χ0) is 17.3. The van der Waals surface area contributed by atoms with Gasteiger partial charge in [-0.15, -0.1) is 0 Å². The van der Waals surface area contributed by atoms with Crippen molar-refractivity contribution in [1.29, 1.82) is 0 Å². The van der Waals surface area contributed by atoms with Crippen LogP contribution in [0, 0.1) is 0 Å². The summed E-state index contributed by atoms with van der Waals surface area (Å²) < 4.78 is 16.6. The Morgan fingerprint density at radius 3 is 2.80 bits per heavy atom. The van der Waals surface area contributed by atoms with Gasteiger partial charge in [0.25, 0.3) is 0 Å². The molecule has 0 saturated carbocycles. The zero-order valence-corrected chi connectivity index (χ0v) is 14.5. The summed E-state index contributed by atoms with van der Waals surface area (Å²) in [6.45, 7) is 3.72. The first-order chi connectivity index (χ1) is 12.3. The predicted molar refractivity (Wildman–Crippen MR) is 95.1 cm³/mol. The quantitative estimate of drug-likeness (QED) is 0.718. The summed E-state index contributed by atoms with van der Waals surface area (Å²) in [7, 11) is 0. The SMILES string of the molecule is OC(COCc1ccco1)CN(Cc1ccccc1)CC1CCCO1. The van der Waals surface area contributed by atoms with Crippen molar-refractivity contribution in [2.45, 2.75) is 38.2 Å². The third kappa shape index (κ3) is 6.29. The summed E-state index contributed by atoms with van der Waals surface area (Å²) >= 11 is 0. The second kappa shape index (κ2) is 9.73. The third-order valence-corrected chi connectivity index (χ3v) is 4.34. The Morgan fingerprint density at radius 2 is 2.08 bits per heavy atom. The van der Waals surface area contributed by atoms with Crippen molar-refractivity contribution in [2.24, 2.45) is 0 Å². The Hall–Kier alpha value is -1.66. The molecule has 1 fully saturated rings. The molecule has 25 heavy (non-hydrogen) atoms. The van der Waals surface area contributed by atoms with E-state index in [1.165, 1.54) is 5.56 Å². The van der Waals surface area contributed by atoms with Gasteiger partial charge < -0.3 is 19.0 Å². The Morgan fingerprint density at radius 1 is 1.20 bits per heavy atom. The van der Waals surface area contributed by atoms with Crippen molar-refractivity contribution >= 4 is 0 Å². The van der Waals surface area contributed by atoms with Gasteiger partial charge in [0.1, 0.15) is 12.4 Å². The van der Waals surface area contributed by atoms with Crippen LogP contribution in [-0.2, 0) is 22.6 Å². The highest BCUT2D eigenvalue weighted by atomic mass is 16.5. The Kier molecular flexibility index (Phi) is 7.06. The number of hydrogen-bond acceptors (Lipinski definition) is 5. The van der Waals surface area contributed by atoms with Gasteiger partial charge in [-0.3, -0.25) is 4.90 Å². The van der Waals surface area contributed by atoms with Crippen molar-refractivity contribution in [2.75, 3.05) is 26.3 Å². The minimum atomic E-state index is -0.542. The minimum Gasteiger partial charge on any atom is -0.467 e. The van der Waals surface area contributed by atoms with Crippen molar-refractivity contribution < 1.29 is 19.0 Å². The number of rotatable bonds is 10. The number of ether oxygens (including phenoxy) is 2. The lowest BCUT2D eigenvalue weighted by atomic mass is 10.1. The number of benzene rings is 1. The molecule has 5 heteroatoms. The van der Waals surface area contributed by atoms with Crippen LogP contribution in [0.4, 0.5) is 0 Å². The largest absolute Gasteiger partial charge is 0.467 e. The van der Waals surface area contributed by atoms with Crippen molar-refractivity contribution in [3.8, 4) is 0 Å². The minimum absolute atomic E-state index is 0.264. The standard InChI is InChI=1S/C20H27NO4/c22-18(15-23-16-20-9-5-11-25-20)13-21(14-19-8-4-10-24-19)12-17-6-2-1-3-7-17/h1-3,5-7,9,11,18-19,22H,4,8,10,12-16H2. The number of aliphatic hydroxyl groups excluding tert-OH is 1. The van der Waals surface area contributed by atoms with Gasteiger partial charge in [-0.25, -0.2) is 0 Å². The lowest BCUT2D eigenvalue weighted by molar-refractivity contribution is -0.00635. The highest BCUT2D eigenvalue weighted by Crippen LogP contribution is 2.15. The fraction of sp³-hybridized carbons (Fsp3) is 0.500. The molecule has 3 rings (SSSR count). The lowest BCUT2D eigenvalue weighted by Gasteiger charge is -2.27. The number of aliphatic hydroxyl groups is 1. The molecule has 0 amide bonds. The van der Waals surface area contributed by atoms with E-state index in [1.807, 2.05) is 30.3 Å². The fourth-order valence-corrected chi connectivity index (χ4v) is 3.16. The average Bonchev–Trinajstić information content (AvgIpc) is 3.29. The maximum atomic E-state index is 10.4. The van der Waals surface area contributed by atoms with Crippen LogP contribution >= 0.6 is 0 Å². The fourth-order valence-electron chi connectivity index (χ4n) is 3.16. The molecule has 1 aliphatic heterocycles. The molecule has 0 aliphatic carbocycles. The molecule has 1 aliphatic rings. The highest BCUT2D eigenvalue weighted by molar-refractivity contribution is 5.14. The van der Waals surface area contributed by atoms with Gasteiger partial charge in [0.15, 0.2) is 0 Å². The Labute approximate surface area is 149 Å². The van der Waals surface area contributed by atoms with Crippen molar-refractivity contribution in [3.05, 3.63) is 60.1 Å². The monoisotopic (exact) mass is 345 g/mol. The summed E-state index contributed by atoms with van der Waals surface area (Å²) in [5, 5.41) is 10.4. The van der Waals surface area contributed by atoms with Crippen LogP contribution < -0.4 is 0 Å². The Bertz CT molecular complexity index is 581. The van der Waals surface area contributed by atoms with E-state index in [4.69, 9.17) is 13.9 Å². The normalized spacial score (nSPS) is 18.7. The molecule has 1 N–H and O–H groups in total. The highest BCUT2D eigenvalue weighted by Gasteiger charge is 2.21. The molecule has 0 bridgehead atoms. The Balaban J connectivity index is 1.48. The molecule has 136 valence electrons. The van der Waals surface area contributed by atoms with Gasteiger partial charge >= 0.3 is 0 Å². The first-order valence-corrected chi connectivity index (χ1v) is 8.95. The molecule has 5 nitrogen and oxygen atoms in total. The molecule has 1 aromatic carbocycles. The van der Waals surface area contributed by atoms with Crippen LogP contribution in [0.25, 0.3) is 0 Å². The van der Waals surface area contributed by atoms with Crippen LogP contribution in [-0.4, -0.2) is 48.5 Å². The van der Waals surface area contributed by atoms with Gasteiger partial charge in [0.2, 0.25) is 0 Å². The molecule has 2 aromatic rings.